The first-order valence-electron chi connectivity index (χ1n) is 11.0. The molecule has 0 aliphatic carbocycles. The predicted molar refractivity (Wildman–Crippen MR) is 139 cm³/mol. The Bertz CT molecular complexity index is 1580. The zero-order valence-electron chi connectivity index (χ0n) is 19.3. The molecule has 0 aliphatic rings. The highest BCUT2D eigenvalue weighted by molar-refractivity contribution is 6.30. The summed E-state index contributed by atoms with van der Waals surface area (Å²) in [5, 5.41) is 6.92. The number of benzene rings is 2. The third-order valence-corrected chi connectivity index (χ3v) is 6.16. The van der Waals surface area contributed by atoms with Crippen LogP contribution in [0, 0.1) is 6.92 Å². The van der Waals surface area contributed by atoms with Crippen molar-refractivity contribution >= 4 is 39.2 Å². The van der Waals surface area contributed by atoms with Gasteiger partial charge < -0.3 is 10.6 Å². The number of hydrogen-bond donors (Lipinski definition) is 1. The van der Waals surface area contributed by atoms with Gasteiger partial charge in [-0.05, 0) is 75.1 Å². The van der Waals surface area contributed by atoms with Crippen molar-refractivity contribution in [2.75, 3.05) is 26.4 Å². The standard InChI is InChI=1S/C26H25ClN6O/c1-16-4-10-21-24(28)23(26(34)33(25(21)29-16)20-8-6-19(27)7-9-20)17-5-11-22-18(14-17)15-32(30-22)13-12-31(2)3/h4-11,14-15H,12-13,28H2,1-3H3. The highest BCUT2D eigenvalue weighted by atomic mass is 35.5. The Morgan fingerprint density at radius 3 is 2.56 bits per heavy atom. The van der Waals surface area contributed by atoms with Gasteiger partial charge in [0.25, 0.3) is 5.56 Å². The summed E-state index contributed by atoms with van der Waals surface area (Å²) in [6.45, 7) is 3.56. The summed E-state index contributed by atoms with van der Waals surface area (Å²) < 4.78 is 3.53. The van der Waals surface area contributed by atoms with Crippen molar-refractivity contribution in [3.05, 3.63) is 81.9 Å². The molecule has 0 fully saturated rings. The number of anilines is 1. The number of halogens is 1. The molecule has 2 aromatic carbocycles. The van der Waals surface area contributed by atoms with Gasteiger partial charge in [0.15, 0.2) is 0 Å². The fourth-order valence-corrected chi connectivity index (χ4v) is 4.27. The maximum atomic E-state index is 13.9. The topological polar surface area (TPSA) is 82.0 Å². The van der Waals surface area contributed by atoms with Gasteiger partial charge in [-0.1, -0.05) is 17.7 Å². The van der Waals surface area contributed by atoms with E-state index >= 15 is 0 Å². The van der Waals surface area contributed by atoms with Crippen LogP contribution in [0.15, 0.2) is 65.6 Å². The van der Waals surface area contributed by atoms with Gasteiger partial charge in [-0.2, -0.15) is 5.10 Å². The van der Waals surface area contributed by atoms with E-state index in [9.17, 15) is 4.79 Å². The first-order chi connectivity index (χ1) is 16.3. The number of rotatable bonds is 5. The molecule has 8 heteroatoms. The van der Waals surface area contributed by atoms with Crippen LogP contribution in [0.2, 0.25) is 5.02 Å². The number of nitrogen functional groups attached to an aromatic ring is 1. The van der Waals surface area contributed by atoms with Crippen LogP contribution in [0.1, 0.15) is 5.69 Å². The van der Waals surface area contributed by atoms with Gasteiger partial charge in [-0.25, -0.2) is 4.98 Å². The maximum absolute atomic E-state index is 13.9. The number of pyridine rings is 2. The van der Waals surface area contributed by atoms with Gasteiger partial charge in [0.05, 0.1) is 29.0 Å². The summed E-state index contributed by atoms with van der Waals surface area (Å²) in [7, 11) is 4.07. The lowest BCUT2D eigenvalue weighted by molar-refractivity contribution is 0.374. The number of nitrogens with zero attached hydrogens (tertiary/aromatic N) is 5. The quantitative estimate of drug-likeness (QED) is 0.407. The zero-order valence-corrected chi connectivity index (χ0v) is 20.0. The van der Waals surface area contributed by atoms with Crippen LogP contribution in [-0.2, 0) is 6.54 Å². The zero-order chi connectivity index (χ0) is 24.0. The molecule has 3 heterocycles. The molecule has 7 nitrogen and oxygen atoms in total. The average Bonchev–Trinajstić information content (AvgIpc) is 3.21. The van der Waals surface area contributed by atoms with Crippen molar-refractivity contribution in [1.29, 1.82) is 0 Å². The van der Waals surface area contributed by atoms with E-state index in [1.54, 1.807) is 16.7 Å². The number of fused-ring (bicyclic) bond motifs is 2. The lowest BCUT2D eigenvalue weighted by Gasteiger charge is -2.16. The second-order valence-electron chi connectivity index (χ2n) is 8.70. The van der Waals surface area contributed by atoms with Gasteiger partial charge in [0.1, 0.15) is 5.65 Å². The average molecular weight is 473 g/mol. The molecule has 172 valence electrons. The molecule has 5 rings (SSSR count). The Balaban J connectivity index is 1.74. The number of likely N-dealkylation sites (N-methyl/N-ethyl adjacent to an activating group) is 1. The van der Waals surface area contributed by atoms with E-state index in [2.05, 4.69) is 15.0 Å². The van der Waals surface area contributed by atoms with Gasteiger partial charge in [-0.3, -0.25) is 14.0 Å². The lowest BCUT2D eigenvalue weighted by atomic mass is 10.0. The van der Waals surface area contributed by atoms with Gasteiger partial charge in [0, 0.05) is 34.2 Å². The largest absolute Gasteiger partial charge is 0.397 e. The summed E-state index contributed by atoms with van der Waals surface area (Å²) in [5.74, 6) is 0. The van der Waals surface area contributed by atoms with Crippen molar-refractivity contribution in [2.45, 2.75) is 13.5 Å². The van der Waals surface area contributed by atoms with Gasteiger partial charge >= 0.3 is 0 Å². The fourth-order valence-electron chi connectivity index (χ4n) is 4.14. The van der Waals surface area contributed by atoms with Crippen molar-refractivity contribution in [3.63, 3.8) is 0 Å². The molecule has 0 saturated carbocycles. The van der Waals surface area contributed by atoms with E-state index in [0.29, 0.717) is 27.6 Å². The Labute approximate surface area is 202 Å². The second-order valence-corrected chi connectivity index (χ2v) is 9.13. The van der Waals surface area contributed by atoms with E-state index in [4.69, 9.17) is 17.3 Å². The molecule has 2 N–H and O–H groups in total. The normalized spacial score (nSPS) is 11.7. The summed E-state index contributed by atoms with van der Waals surface area (Å²) in [6, 6.07) is 16.8. The minimum absolute atomic E-state index is 0.232. The van der Waals surface area contributed by atoms with Crippen LogP contribution >= 0.6 is 11.6 Å². The van der Waals surface area contributed by atoms with E-state index in [0.717, 1.165) is 40.6 Å². The van der Waals surface area contributed by atoms with E-state index < -0.39 is 0 Å². The number of aryl methyl sites for hydroxylation is 1. The fraction of sp³-hybridized carbons (Fsp3) is 0.192. The molecular weight excluding hydrogens is 448 g/mol. The molecule has 0 saturated heterocycles. The van der Waals surface area contributed by atoms with Crippen molar-refractivity contribution in [3.8, 4) is 16.8 Å². The molecule has 0 aliphatic heterocycles. The minimum atomic E-state index is -0.232. The van der Waals surface area contributed by atoms with Gasteiger partial charge in [0.2, 0.25) is 0 Å². The van der Waals surface area contributed by atoms with Crippen LogP contribution < -0.4 is 11.3 Å². The van der Waals surface area contributed by atoms with E-state index in [1.807, 2.05) is 74.4 Å². The first-order valence-corrected chi connectivity index (χ1v) is 11.4. The number of nitrogens with two attached hydrogens (primary N) is 1. The third kappa shape index (κ3) is 3.93. The number of hydrogen-bond acceptors (Lipinski definition) is 5. The Hall–Kier alpha value is -3.68. The molecule has 0 spiro atoms. The van der Waals surface area contributed by atoms with Crippen molar-refractivity contribution in [1.82, 2.24) is 24.2 Å². The number of aromatic nitrogens is 4. The van der Waals surface area contributed by atoms with Crippen LogP contribution in [0.4, 0.5) is 5.69 Å². The maximum Gasteiger partial charge on any atom is 0.266 e. The summed E-state index contributed by atoms with van der Waals surface area (Å²) in [5.41, 5.74) is 10.8. The highest BCUT2D eigenvalue weighted by Gasteiger charge is 2.19. The second kappa shape index (κ2) is 8.59. The van der Waals surface area contributed by atoms with E-state index in [-0.39, 0.29) is 5.56 Å². The van der Waals surface area contributed by atoms with Crippen molar-refractivity contribution in [2.24, 2.45) is 0 Å². The summed E-state index contributed by atoms with van der Waals surface area (Å²) in [4.78, 5) is 20.7. The Kier molecular flexibility index (Phi) is 5.59. The Morgan fingerprint density at radius 2 is 1.82 bits per heavy atom. The molecule has 3 aromatic heterocycles. The predicted octanol–water partition coefficient (Wildman–Crippen LogP) is 4.51. The minimum Gasteiger partial charge on any atom is -0.397 e. The monoisotopic (exact) mass is 472 g/mol. The SMILES string of the molecule is Cc1ccc2c(N)c(-c3ccc4nn(CCN(C)C)cc4c3)c(=O)n(-c3ccc(Cl)cc3)c2n1. The smallest absolute Gasteiger partial charge is 0.266 e. The molecule has 0 bridgehead atoms. The molecule has 0 atom stereocenters. The molecule has 0 unspecified atom stereocenters. The molecular formula is C26H25ClN6O. The third-order valence-electron chi connectivity index (χ3n) is 5.90. The van der Waals surface area contributed by atoms with Crippen LogP contribution in [0.25, 0.3) is 38.8 Å². The molecule has 0 amide bonds. The van der Waals surface area contributed by atoms with E-state index in [1.165, 1.54) is 0 Å². The molecule has 34 heavy (non-hydrogen) atoms. The van der Waals surface area contributed by atoms with Crippen LogP contribution in [-0.4, -0.2) is 44.9 Å². The highest BCUT2D eigenvalue weighted by Crippen LogP contribution is 2.32. The van der Waals surface area contributed by atoms with Gasteiger partial charge in [-0.15, -0.1) is 0 Å². The molecule has 0 radical (unpaired) electrons. The van der Waals surface area contributed by atoms with Crippen molar-refractivity contribution < 1.29 is 0 Å². The van der Waals surface area contributed by atoms with Crippen LogP contribution in [0.5, 0.6) is 0 Å². The summed E-state index contributed by atoms with van der Waals surface area (Å²) in [6.07, 6.45) is 2.00. The molecule has 5 aromatic rings. The van der Waals surface area contributed by atoms with Crippen LogP contribution in [0.3, 0.4) is 0 Å². The first kappa shape index (κ1) is 22.1. The summed E-state index contributed by atoms with van der Waals surface area (Å²) >= 11 is 6.10. The lowest BCUT2D eigenvalue weighted by Crippen LogP contribution is -2.23. The Morgan fingerprint density at radius 1 is 1.06 bits per heavy atom.